The second kappa shape index (κ2) is 11.1. The highest BCUT2D eigenvalue weighted by molar-refractivity contribution is 8.07. The molecule has 3 aliphatic rings. The second-order valence-corrected chi connectivity index (χ2v) is 15.7. The van der Waals surface area contributed by atoms with Crippen molar-refractivity contribution in [3.63, 3.8) is 0 Å². The summed E-state index contributed by atoms with van der Waals surface area (Å²) in [7, 11) is 0. The first-order chi connectivity index (χ1) is 20.9. The number of pyridine rings is 1. The Morgan fingerprint density at radius 3 is 2.45 bits per heavy atom. The van der Waals surface area contributed by atoms with Gasteiger partial charge in [0.15, 0.2) is 29.2 Å². The van der Waals surface area contributed by atoms with Crippen molar-refractivity contribution in [3.8, 4) is 0 Å². The fourth-order valence-electron chi connectivity index (χ4n) is 5.31. The quantitative estimate of drug-likeness (QED) is 0.180. The highest BCUT2D eigenvalue weighted by atomic mass is 32.5. The third-order valence-corrected chi connectivity index (χ3v) is 10.4. The van der Waals surface area contributed by atoms with E-state index in [4.69, 9.17) is 62.6 Å². The van der Waals surface area contributed by atoms with E-state index in [-0.39, 0.29) is 23.5 Å². The molecule has 3 fully saturated rings. The van der Waals surface area contributed by atoms with Gasteiger partial charge in [0.25, 0.3) is 5.56 Å². The van der Waals surface area contributed by atoms with Crippen LogP contribution in [0.4, 0.5) is 16.0 Å². The van der Waals surface area contributed by atoms with E-state index in [1.165, 1.54) is 23.4 Å². The Balaban J connectivity index is 1.19. The van der Waals surface area contributed by atoms with Gasteiger partial charge in [-0.15, -0.1) is 0 Å². The van der Waals surface area contributed by atoms with Crippen LogP contribution in [-0.2, 0) is 51.2 Å². The van der Waals surface area contributed by atoms with Gasteiger partial charge in [-0.05, 0) is 29.7 Å². The number of nitrogens with two attached hydrogens (primary N) is 2. The van der Waals surface area contributed by atoms with Crippen molar-refractivity contribution in [1.82, 2.24) is 34.1 Å². The Morgan fingerprint density at radius 1 is 0.955 bits per heavy atom. The number of nitrogens with one attached hydrogen (secondary N) is 1. The molecule has 7 N–H and O–H groups in total. The van der Waals surface area contributed by atoms with Crippen LogP contribution in [0.1, 0.15) is 18.9 Å². The predicted molar refractivity (Wildman–Crippen MR) is 156 cm³/mol. The molecule has 7 heterocycles. The van der Waals surface area contributed by atoms with Crippen LogP contribution in [0, 0.1) is 0 Å². The molecular weight excluding hydrogens is 667 g/mol. The predicted octanol–water partition coefficient (Wildman–Crippen LogP) is 0.503. The minimum atomic E-state index is -4.20. The lowest BCUT2D eigenvalue weighted by atomic mass is 10.1. The number of fused-ring (bicyclic) bond motifs is 5. The first kappa shape index (κ1) is 30.2. The van der Waals surface area contributed by atoms with Crippen LogP contribution in [0.25, 0.3) is 22.3 Å². The third-order valence-electron chi connectivity index (χ3n) is 7.30. The van der Waals surface area contributed by atoms with Crippen LogP contribution >= 0.6 is 13.4 Å². The van der Waals surface area contributed by atoms with Crippen molar-refractivity contribution in [2.45, 2.75) is 49.5 Å². The van der Waals surface area contributed by atoms with Gasteiger partial charge in [0.2, 0.25) is 5.95 Å². The average molecular weight is 692 g/mol. The number of hydrogen-bond acceptors (Lipinski definition) is 15. The maximum atomic E-state index is 15.8. The molecule has 0 aliphatic carbocycles. The molecule has 0 spiro atoms. The van der Waals surface area contributed by atoms with E-state index in [0.717, 1.165) is 0 Å². The monoisotopic (exact) mass is 691 g/mol. The number of imidazole rings is 2. The zero-order chi connectivity index (χ0) is 31.0. The molecule has 23 heteroatoms. The summed E-state index contributed by atoms with van der Waals surface area (Å²) in [4.78, 5) is 53.3. The zero-order valence-corrected chi connectivity index (χ0v) is 25.6. The van der Waals surface area contributed by atoms with Crippen LogP contribution in [0.3, 0.4) is 0 Å². The number of nitrogens with zero attached hydrogens (tertiary/aromatic N) is 6. The number of aromatic amines is 1. The second-order valence-electron chi connectivity index (χ2n) is 10.1. The van der Waals surface area contributed by atoms with Gasteiger partial charge >= 0.3 is 13.4 Å². The maximum Gasteiger partial charge on any atom is 0.325 e. The number of rotatable bonds is 2. The number of anilines is 2. The van der Waals surface area contributed by atoms with E-state index in [1.54, 1.807) is 10.6 Å². The summed E-state index contributed by atoms with van der Waals surface area (Å²) in [6.07, 6.45) is -4.60. The van der Waals surface area contributed by atoms with Crippen molar-refractivity contribution in [1.29, 1.82) is 0 Å². The Morgan fingerprint density at radius 2 is 1.66 bits per heavy atom. The molecule has 2 bridgehead atoms. The number of nitrogen functional groups attached to an aromatic ring is 2. The first-order valence-electron chi connectivity index (χ1n) is 12.9. The van der Waals surface area contributed by atoms with Gasteiger partial charge in [-0.1, -0.05) is 0 Å². The number of aromatic nitrogens is 7. The topological polar surface area (TPSA) is 242 Å². The largest absolute Gasteiger partial charge is 0.397 e. The number of hydrogen-bond donors (Lipinski definition) is 5. The van der Waals surface area contributed by atoms with Crippen molar-refractivity contribution in [3.05, 3.63) is 35.3 Å². The number of ether oxygens (including phenoxy) is 2. The van der Waals surface area contributed by atoms with Crippen LogP contribution in [0.5, 0.6) is 0 Å². The van der Waals surface area contributed by atoms with Crippen LogP contribution < -0.4 is 17.0 Å². The summed E-state index contributed by atoms with van der Waals surface area (Å²) in [5.41, 5.74) is 12.2. The highest BCUT2D eigenvalue weighted by Gasteiger charge is 2.51. The van der Waals surface area contributed by atoms with Crippen LogP contribution in [0.2, 0.25) is 0 Å². The molecule has 18 nitrogen and oxygen atoms in total. The lowest BCUT2D eigenvalue weighted by Gasteiger charge is -2.27. The van der Waals surface area contributed by atoms with Crippen molar-refractivity contribution in [2.24, 2.45) is 0 Å². The van der Waals surface area contributed by atoms with Gasteiger partial charge in [0.05, 0.1) is 37.7 Å². The Hall–Kier alpha value is -2.52. The van der Waals surface area contributed by atoms with E-state index in [2.05, 4.69) is 24.9 Å². The van der Waals surface area contributed by atoms with Crippen LogP contribution in [-0.4, -0.2) is 87.6 Å². The van der Waals surface area contributed by atoms with Gasteiger partial charge in [-0.2, -0.15) is 4.98 Å². The van der Waals surface area contributed by atoms with E-state index in [1.807, 2.05) is 0 Å². The molecule has 0 aromatic carbocycles. The van der Waals surface area contributed by atoms with Crippen molar-refractivity contribution in [2.75, 3.05) is 24.7 Å². The molecule has 4 aromatic rings. The molecule has 0 radical (unpaired) electrons. The molecule has 3 aliphatic heterocycles. The Labute approximate surface area is 255 Å². The Bertz CT molecular complexity index is 1910. The smallest absolute Gasteiger partial charge is 0.325 e. The molecular formula is C21H24FN9O9P2S2. The van der Waals surface area contributed by atoms with Crippen LogP contribution in [0.15, 0.2) is 29.7 Å². The highest BCUT2D eigenvalue weighted by Crippen LogP contribution is 2.54. The molecule has 44 heavy (non-hydrogen) atoms. The SMILES string of the molecule is Nc1nc2c(ncn2[C@@H]2O[C@@H]3COP(O)(=S)O[C@@H]4C[C@H](n5cnc6c(N)ccnc65)O[C@@H]4COP(O)(=S)O[C@@H]2[C@@H]3F)c(=O)[nH]1. The standard InChI is InChI=1S/C21H24FN9O9P2S2/c22-13-11-5-36-41(33,43)39-9-3-12(30-6-26-14-8(23)1-2-25-17(14)30)37-10(9)4-35-42(34,44)40-16(13)20(38-11)31-7-27-15-18(31)28-21(24)29-19(15)32/h1-2,6-7,9-13,16,20H,3-5H2,(H2,23,25)(H,33,43)(H,34,44)(H3,24,28,29,32)/t9-,10-,11-,12-,13-,16-,20-,41?,42?/m1/s1. The van der Waals surface area contributed by atoms with E-state index < -0.39 is 75.3 Å². The number of alkyl halides is 1. The average Bonchev–Trinajstić information content (AvgIpc) is 3.72. The number of H-pyrrole nitrogens is 1. The van der Waals surface area contributed by atoms with E-state index in [9.17, 15) is 14.6 Å². The molecule has 7 rings (SSSR count). The summed E-state index contributed by atoms with van der Waals surface area (Å²) in [6.45, 7) is -9.19. The molecule has 9 atom stereocenters. The lowest BCUT2D eigenvalue weighted by Crippen LogP contribution is -2.32. The summed E-state index contributed by atoms with van der Waals surface area (Å²) in [6, 6.07) is 1.61. The molecule has 0 amide bonds. The van der Waals surface area contributed by atoms with Gasteiger partial charge in [-0.25, -0.2) is 19.3 Å². The minimum absolute atomic E-state index is 0.0426. The molecule has 0 saturated carbocycles. The number of halogens is 1. The minimum Gasteiger partial charge on any atom is -0.397 e. The van der Waals surface area contributed by atoms with Gasteiger partial charge in [0, 0.05) is 12.6 Å². The van der Waals surface area contributed by atoms with Crippen molar-refractivity contribution < 1.29 is 41.7 Å². The summed E-state index contributed by atoms with van der Waals surface area (Å²) in [5.74, 6) is -0.223. The fraction of sp³-hybridized carbons (Fsp3) is 0.476. The summed E-state index contributed by atoms with van der Waals surface area (Å²) in [5, 5.41) is 0. The van der Waals surface area contributed by atoms with Gasteiger partial charge in [0.1, 0.15) is 30.1 Å². The normalized spacial score (nSPS) is 36.6. The van der Waals surface area contributed by atoms with E-state index >= 15 is 4.39 Å². The summed E-state index contributed by atoms with van der Waals surface area (Å²) >= 11 is 10.5. The summed E-state index contributed by atoms with van der Waals surface area (Å²) < 4.78 is 53.3. The van der Waals surface area contributed by atoms with E-state index in [0.29, 0.717) is 16.9 Å². The molecule has 3 saturated heterocycles. The van der Waals surface area contributed by atoms with Gasteiger partial charge in [-0.3, -0.25) is 23.4 Å². The fourth-order valence-corrected chi connectivity index (χ4v) is 8.19. The Kier molecular flexibility index (Phi) is 7.59. The molecule has 236 valence electrons. The van der Waals surface area contributed by atoms with Gasteiger partial charge < -0.3 is 44.3 Å². The van der Waals surface area contributed by atoms with Crippen molar-refractivity contribution >= 4 is 71.0 Å². The molecule has 2 unspecified atom stereocenters. The third kappa shape index (κ3) is 5.46. The first-order valence-corrected chi connectivity index (χ1v) is 18.1. The molecule has 4 aromatic heterocycles. The lowest BCUT2D eigenvalue weighted by molar-refractivity contribution is -0.0596. The maximum absolute atomic E-state index is 15.8. The zero-order valence-electron chi connectivity index (χ0n) is 22.2.